The number of anilines is 3. The third-order valence-corrected chi connectivity index (χ3v) is 17.1. The lowest BCUT2D eigenvalue weighted by Crippen LogP contribution is -2.29. The maximum Gasteiger partial charge on any atom is 0.0746 e. The fraction of sp³-hybridized carbons (Fsp3) is 0.167. The number of aromatic nitrogens is 1. The average Bonchev–Trinajstić information content (AvgIpc) is 4.09. The van der Waals surface area contributed by atoms with Gasteiger partial charge in [0, 0.05) is 38.8 Å². The molecule has 358 valence electrons. The molecule has 14 rings (SSSR count). The molecule has 0 aliphatic heterocycles. The number of fused-ring (bicyclic) bond motifs is 16. The molecular formula is C72H60N2. The molecule has 3 aliphatic carbocycles. The summed E-state index contributed by atoms with van der Waals surface area (Å²) in [6, 6.07) is 83.3. The quantitative estimate of drug-likeness (QED) is 0.167. The highest BCUT2D eigenvalue weighted by molar-refractivity contribution is 6.09. The zero-order chi connectivity index (χ0) is 50.5. The zero-order valence-electron chi connectivity index (χ0n) is 43.7. The normalized spacial score (nSPS) is 14.4. The van der Waals surface area contributed by atoms with Crippen LogP contribution in [0.5, 0.6) is 0 Å². The van der Waals surface area contributed by atoms with E-state index in [9.17, 15) is 0 Å². The molecule has 74 heavy (non-hydrogen) atoms. The first kappa shape index (κ1) is 44.5. The predicted molar refractivity (Wildman–Crippen MR) is 312 cm³/mol. The second-order valence-corrected chi connectivity index (χ2v) is 23.7. The van der Waals surface area contributed by atoms with Crippen LogP contribution in [0.4, 0.5) is 17.1 Å². The predicted octanol–water partition coefficient (Wildman–Crippen LogP) is 19.2. The van der Waals surface area contributed by atoms with Crippen molar-refractivity contribution in [3.05, 3.63) is 263 Å². The minimum Gasteiger partial charge on any atom is -0.310 e. The van der Waals surface area contributed by atoms with Gasteiger partial charge in [0.05, 0.1) is 22.1 Å². The van der Waals surface area contributed by atoms with Gasteiger partial charge in [-0.1, -0.05) is 219 Å². The Labute approximate surface area is 436 Å². The molecule has 11 aromatic rings. The van der Waals surface area contributed by atoms with Gasteiger partial charge in [0.2, 0.25) is 0 Å². The Morgan fingerprint density at radius 2 is 0.824 bits per heavy atom. The van der Waals surface area contributed by atoms with Crippen LogP contribution < -0.4 is 4.90 Å². The highest BCUT2D eigenvalue weighted by Gasteiger charge is 2.54. The van der Waals surface area contributed by atoms with E-state index < -0.39 is 5.41 Å². The molecule has 0 N–H and O–H groups in total. The molecule has 0 fully saturated rings. The van der Waals surface area contributed by atoms with Gasteiger partial charge < -0.3 is 9.47 Å². The van der Waals surface area contributed by atoms with E-state index in [-0.39, 0.29) is 16.2 Å². The summed E-state index contributed by atoms with van der Waals surface area (Å²) in [4.78, 5) is 2.58. The molecule has 0 radical (unpaired) electrons. The Bertz CT molecular complexity index is 3990. The van der Waals surface area contributed by atoms with Crippen molar-refractivity contribution in [2.75, 3.05) is 4.90 Å². The lowest BCUT2D eigenvalue weighted by atomic mass is 9.68. The molecule has 0 amide bonds. The number of nitrogens with zero attached hydrogens (tertiary/aromatic N) is 2. The van der Waals surface area contributed by atoms with Crippen LogP contribution in [0, 0.1) is 0 Å². The van der Waals surface area contributed by atoms with Crippen LogP contribution in [-0.4, -0.2) is 4.57 Å². The summed E-state index contributed by atoms with van der Waals surface area (Å²) in [5, 5.41) is 2.54. The summed E-state index contributed by atoms with van der Waals surface area (Å²) < 4.78 is 2.39. The first-order chi connectivity index (χ1) is 35.7. The van der Waals surface area contributed by atoms with Crippen molar-refractivity contribution in [1.29, 1.82) is 0 Å². The van der Waals surface area contributed by atoms with Crippen LogP contribution in [0.15, 0.2) is 218 Å². The van der Waals surface area contributed by atoms with Crippen LogP contribution >= 0.6 is 0 Å². The lowest BCUT2D eigenvalue weighted by molar-refractivity contribution is 0.586. The van der Waals surface area contributed by atoms with Gasteiger partial charge in [0.25, 0.3) is 0 Å². The van der Waals surface area contributed by atoms with E-state index in [1.807, 2.05) is 0 Å². The Morgan fingerprint density at radius 3 is 1.42 bits per heavy atom. The smallest absolute Gasteiger partial charge is 0.0746 e. The van der Waals surface area contributed by atoms with E-state index in [0.29, 0.717) is 0 Å². The van der Waals surface area contributed by atoms with Gasteiger partial charge in [0.1, 0.15) is 0 Å². The average molecular weight is 953 g/mol. The van der Waals surface area contributed by atoms with Crippen molar-refractivity contribution in [3.8, 4) is 50.2 Å². The molecule has 0 saturated heterocycles. The maximum atomic E-state index is 2.58. The van der Waals surface area contributed by atoms with E-state index in [2.05, 4.69) is 283 Å². The molecule has 0 atom stereocenters. The number of benzene rings is 10. The molecule has 1 spiro atoms. The van der Waals surface area contributed by atoms with Crippen molar-refractivity contribution < 1.29 is 0 Å². The summed E-state index contributed by atoms with van der Waals surface area (Å²) in [6.07, 6.45) is 0. The first-order valence-electron chi connectivity index (χ1n) is 26.5. The van der Waals surface area contributed by atoms with Crippen molar-refractivity contribution in [2.24, 2.45) is 0 Å². The highest BCUT2D eigenvalue weighted by atomic mass is 15.1. The molecule has 0 unspecified atom stereocenters. The van der Waals surface area contributed by atoms with Crippen molar-refractivity contribution >= 4 is 38.9 Å². The molecule has 2 heteroatoms. The molecular weight excluding hydrogens is 893 g/mol. The van der Waals surface area contributed by atoms with Gasteiger partial charge in [-0.3, -0.25) is 0 Å². The third kappa shape index (κ3) is 6.24. The van der Waals surface area contributed by atoms with Gasteiger partial charge >= 0.3 is 0 Å². The Balaban J connectivity index is 0.987. The maximum absolute atomic E-state index is 2.58. The summed E-state index contributed by atoms with van der Waals surface area (Å²) in [6.45, 7) is 18.9. The largest absolute Gasteiger partial charge is 0.310 e. The fourth-order valence-corrected chi connectivity index (χ4v) is 13.4. The Morgan fingerprint density at radius 1 is 0.365 bits per heavy atom. The zero-order valence-corrected chi connectivity index (χ0v) is 43.7. The Kier molecular flexibility index (Phi) is 9.41. The number of hydrogen-bond acceptors (Lipinski definition) is 1. The first-order valence-corrected chi connectivity index (χ1v) is 26.5. The molecule has 1 heterocycles. The highest BCUT2D eigenvalue weighted by Crippen LogP contribution is 2.66. The van der Waals surface area contributed by atoms with Crippen LogP contribution in [0.3, 0.4) is 0 Å². The van der Waals surface area contributed by atoms with E-state index in [1.54, 1.807) is 0 Å². The monoisotopic (exact) mass is 952 g/mol. The lowest BCUT2D eigenvalue weighted by Gasteiger charge is -2.37. The number of rotatable bonds is 5. The second kappa shape index (κ2) is 15.7. The molecule has 1 aromatic heterocycles. The third-order valence-electron chi connectivity index (χ3n) is 17.1. The van der Waals surface area contributed by atoms with Crippen molar-refractivity contribution in [3.63, 3.8) is 0 Å². The summed E-state index contributed by atoms with van der Waals surface area (Å²) in [7, 11) is 0. The van der Waals surface area contributed by atoms with Crippen LogP contribution in [0.2, 0.25) is 0 Å². The minimum absolute atomic E-state index is 0.0457. The van der Waals surface area contributed by atoms with Gasteiger partial charge in [0.15, 0.2) is 0 Å². The Hall–Kier alpha value is -8.20. The van der Waals surface area contributed by atoms with Gasteiger partial charge in [-0.05, 0) is 149 Å². The summed E-state index contributed by atoms with van der Waals surface area (Å²) >= 11 is 0. The molecule has 2 nitrogen and oxygen atoms in total. The van der Waals surface area contributed by atoms with Crippen molar-refractivity contribution in [1.82, 2.24) is 4.57 Å². The van der Waals surface area contributed by atoms with Gasteiger partial charge in [-0.25, -0.2) is 0 Å². The van der Waals surface area contributed by atoms with E-state index in [0.717, 1.165) is 17.1 Å². The van der Waals surface area contributed by atoms with E-state index >= 15 is 0 Å². The van der Waals surface area contributed by atoms with Crippen LogP contribution in [-0.2, 0) is 21.7 Å². The number of para-hydroxylation sites is 2. The van der Waals surface area contributed by atoms with Crippen LogP contribution in [0.25, 0.3) is 72.0 Å². The number of hydrogen-bond donors (Lipinski definition) is 0. The SMILES string of the molecule is CC(C)(C)c1ccc2c(c1)C1(c3cc(C(C)(C)C)ccc3-2)c2ccccc2-c2cccc(N(c3ccc(-c4ccc(-n5c6ccccc6c6ccccc65)cc4)cc3)c3ccc4c(c3)C(C)(C)c3ccccc3-4)c21. The standard InChI is InChI=1S/C72H60N2/c1-69(2,3)47-32-39-55-56-40-33-48(70(4,5)6)43-64(56)72(63(55)42-47)61-24-14-10-19-53(61)59-22-17-27-67(68(59)72)73(51-38-41-54-52-18-9-13-23-60(52)71(7,8)62(54)44-51)49-34-28-45(29-35-49)46-30-36-50(37-31-46)74-65-25-15-11-20-57(65)58-21-12-16-26-66(58)74/h9-44H,1-8H3. The summed E-state index contributed by atoms with van der Waals surface area (Å²) in [5.74, 6) is 0. The van der Waals surface area contributed by atoms with E-state index in [1.165, 1.54) is 117 Å². The van der Waals surface area contributed by atoms with Crippen LogP contribution in [0.1, 0.15) is 99.9 Å². The van der Waals surface area contributed by atoms with E-state index in [4.69, 9.17) is 0 Å². The van der Waals surface area contributed by atoms with Gasteiger partial charge in [-0.15, -0.1) is 0 Å². The molecule has 0 bridgehead atoms. The molecule has 3 aliphatic rings. The topological polar surface area (TPSA) is 8.17 Å². The second-order valence-electron chi connectivity index (χ2n) is 23.7. The van der Waals surface area contributed by atoms with Gasteiger partial charge in [-0.2, -0.15) is 0 Å². The minimum atomic E-state index is -0.585. The molecule has 0 saturated carbocycles. The summed E-state index contributed by atoms with van der Waals surface area (Å²) in [5.41, 5.74) is 27.3. The fourth-order valence-electron chi connectivity index (χ4n) is 13.4. The molecule has 10 aromatic carbocycles. The van der Waals surface area contributed by atoms with Crippen molar-refractivity contribution in [2.45, 2.75) is 77.0 Å².